The molecule has 12 heavy (non-hydrogen) atoms. The third kappa shape index (κ3) is 3.91. The Balaban J connectivity index is 0.00000121. The van der Waals surface area contributed by atoms with Gasteiger partial charge in [0.1, 0.15) is 0 Å². The Labute approximate surface area is 97.5 Å². The average Bonchev–Trinajstić information content (AvgIpc) is 2.07. The van der Waals surface area contributed by atoms with Gasteiger partial charge in [-0.1, -0.05) is 42.7 Å². The molecule has 1 aromatic rings. The van der Waals surface area contributed by atoms with Gasteiger partial charge in [-0.3, -0.25) is 4.18 Å². The second-order valence-corrected chi connectivity index (χ2v) is 2.26. The van der Waals surface area contributed by atoms with Crippen LogP contribution in [0.2, 0.25) is 0 Å². The molecule has 60 valence electrons. The van der Waals surface area contributed by atoms with Gasteiger partial charge in [0.15, 0.2) is 6.29 Å². The van der Waals surface area contributed by atoms with Crippen LogP contribution < -0.4 is 29.6 Å². The van der Waals surface area contributed by atoms with Crippen LogP contribution in [-0.4, -0.2) is 9.66 Å². The SMILES string of the molecule is [Na+].[O-]SOC(O)c1ccccc1. The van der Waals surface area contributed by atoms with E-state index < -0.39 is 6.29 Å². The molecular formula is C7H7NaO3S. The van der Waals surface area contributed by atoms with Crippen LogP contribution in [0.4, 0.5) is 0 Å². The van der Waals surface area contributed by atoms with Crippen molar-refractivity contribution in [1.82, 2.24) is 0 Å². The predicted octanol–water partition coefficient (Wildman–Crippen LogP) is -1.52. The van der Waals surface area contributed by atoms with Crippen molar-refractivity contribution in [1.29, 1.82) is 0 Å². The van der Waals surface area contributed by atoms with Gasteiger partial charge >= 0.3 is 29.6 Å². The molecule has 0 aromatic heterocycles. The summed E-state index contributed by atoms with van der Waals surface area (Å²) in [5.41, 5.74) is 0.579. The molecular weight excluding hydrogens is 187 g/mol. The minimum atomic E-state index is -1.13. The zero-order chi connectivity index (χ0) is 8.10. The van der Waals surface area contributed by atoms with Crippen molar-refractivity contribution in [3.05, 3.63) is 35.9 Å². The van der Waals surface area contributed by atoms with Gasteiger partial charge in [-0.15, -0.1) is 0 Å². The Morgan fingerprint density at radius 1 is 1.33 bits per heavy atom. The van der Waals surface area contributed by atoms with Gasteiger partial charge in [-0.2, -0.15) is 0 Å². The Hall–Kier alpha value is 0.450. The number of rotatable bonds is 3. The summed E-state index contributed by atoms with van der Waals surface area (Å²) in [4.78, 5) is 0. The quantitative estimate of drug-likeness (QED) is 0.360. The topological polar surface area (TPSA) is 52.5 Å². The summed E-state index contributed by atoms with van der Waals surface area (Å²) in [5.74, 6) is 0. The molecule has 0 saturated heterocycles. The van der Waals surface area contributed by atoms with Gasteiger partial charge in [0.05, 0.1) is 0 Å². The third-order valence-electron chi connectivity index (χ3n) is 1.22. The molecule has 0 fully saturated rings. The second kappa shape index (κ2) is 6.91. The van der Waals surface area contributed by atoms with E-state index in [1.165, 1.54) is 0 Å². The van der Waals surface area contributed by atoms with E-state index in [9.17, 15) is 4.55 Å². The summed E-state index contributed by atoms with van der Waals surface area (Å²) < 4.78 is 14.2. The van der Waals surface area contributed by atoms with Gasteiger partial charge in [-0.25, -0.2) is 0 Å². The van der Waals surface area contributed by atoms with Gasteiger partial charge in [0.2, 0.25) is 0 Å². The summed E-state index contributed by atoms with van der Waals surface area (Å²) in [6.07, 6.45) is -1.13. The normalized spacial score (nSPS) is 11.8. The monoisotopic (exact) mass is 194 g/mol. The van der Waals surface area contributed by atoms with E-state index in [0.29, 0.717) is 5.56 Å². The number of aliphatic hydroxyl groups is 1. The van der Waals surface area contributed by atoms with E-state index in [-0.39, 0.29) is 41.9 Å². The molecule has 1 aromatic carbocycles. The van der Waals surface area contributed by atoms with Crippen molar-refractivity contribution < 1.29 is 43.4 Å². The van der Waals surface area contributed by atoms with Crippen molar-refractivity contribution >= 4 is 12.3 Å². The maximum Gasteiger partial charge on any atom is 1.00 e. The first-order chi connectivity index (χ1) is 5.34. The van der Waals surface area contributed by atoms with Crippen LogP contribution in [0, 0.1) is 0 Å². The van der Waals surface area contributed by atoms with Crippen molar-refractivity contribution in [2.45, 2.75) is 6.29 Å². The Morgan fingerprint density at radius 2 is 1.92 bits per heavy atom. The molecule has 0 aliphatic heterocycles. The molecule has 0 aliphatic carbocycles. The van der Waals surface area contributed by atoms with Crippen LogP contribution >= 0.6 is 12.3 Å². The molecule has 1 rings (SSSR count). The van der Waals surface area contributed by atoms with Crippen LogP contribution in [0.25, 0.3) is 0 Å². The predicted molar refractivity (Wildman–Crippen MR) is 40.9 cm³/mol. The van der Waals surface area contributed by atoms with Crippen molar-refractivity contribution in [2.75, 3.05) is 0 Å². The fourth-order valence-corrected chi connectivity index (χ4v) is 0.896. The van der Waals surface area contributed by atoms with Crippen LogP contribution in [0.15, 0.2) is 30.3 Å². The maximum atomic E-state index is 9.85. The number of hydrogen-bond donors (Lipinski definition) is 1. The van der Waals surface area contributed by atoms with Crippen LogP contribution in [0.3, 0.4) is 0 Å². The zero-order valence-electron chi connectivity index (χ0n) is 6.64. The van der Waals surface area contributed by atoms with Gasteiger partial charge in [0.25, 0.3) is 0 Å². The molecule has 1 atom stereocenters. The first-order valence-corrected chi connectivity index (χ1v) is 3.69. The molecule has 0 aliphatic rings. The van der Waals surface area contributed by atoms with Gasteiger partial charge < -0.3 is 9.66 Å². The zero-order valence-corrected chi connectivity index (χ0v) is 9.45. The fourth-order valence-electron chi connectivity index (χ4n) is 0.710. The molecule has 3 nitrogen and oxygen atoms in total. The first kappa shape index (κ1) is 12.4. The van der Waals surface area contributed by atoms with E-state index in [4.69, 9.17) is 5.11 Å². The summed E-state index contributed by atoms with van der Waals surface area (Å²) in [6, 6.07) is 8.71. The first-order valence-electron chi connectivity index (χ1n) is 3.03. The summed E-state index contributed by atoms with van der Waals surface area (Å²) in [6.45, 7) is 0. The largest absolute Gasteiger partial charge is 1.00 e. The molecule has 1 unspecified atom stereocenters. The summed E-state index contributed by atoms with van der Waals surface area (Å²) in [5, 5.41) is 9.08. The van der Waals surface area contributed by atoms with Gasteiger partial charge in [-0.05, 0) is 0 Å². The summed E-state index contributed by atoms with van der Waals surface area (Å²) >= 11 is -0.0954. The van der Waals surface area contributed by atoms with E-state index in [2.05, 4.69) is 4.18 Å². The van der Waals surface area contributed by atoms with Crippen LogP contribution in [0.1, 0.15) is 11.9 Å². The fraction of sp³-hybridized carbons (Fsp3) is 0.143. The molecule has 0 saturated carbocycles. The molecule has 0 heterocycles. The van der Waals surface area contributed by atoms with Crippen LogP contribution in [0.5, 0.6) is 0 Å². The number of aliphatic hydroxyl groups excluding tert-OH is 1. The van der Waals surface area contributed by atoms with E-state index >= 15 is 0 Å². The van der Waals surface area contributed by atoms with E-state index in [1.54, 1.807) is 24.3 Å². The minimum absolute atomic E-state index is 0. The number of hydrogen-bond acceptors (Lipinski definition) is 4. The average molecular weight is 194 g/mol. The summed E-state index contributed by atoms with van der Waals surface area (Å²) in [7, 11) is 0. The van der Waals surface area contributed by atoms with Crippen molar-refractivity contribution in [3.63, 3.8) is 0 Å². The third-order valence-corrected chi connectivity index (χ3v) is 1.48. The molecule has 0 bridgehead atoms. The smallest absolute Gasteiger partial charge is 0.776 e. The van der Waals surface area contributed by atoms with Crippen LogP contribution in [-0.2, 0) is 4.18 Å². The van der Waals surface area contributed by atoms with E-state index in [1.807, 2.05) is 6.07 Å². The van der Waals surface area contributed by atoms with Crippen molar-refractivity contribution in [3.8, 4) is 0 Å². The minimum Gasteiger partial charge on any atom is -0.776 e. The Bertz CT molecular complexity index is 207. The van der Waals surface area contributed by atoms with Gasteiger partial charge in [0, 0.05) is 5.56 Å². The molecule has 0 spiro atoms. The molecule has 1 N–H and O–H groups in total. The standard InChI is InChI=1S/C7H8O3S.Na/c8-7(10-11-9)6-4-2-1-3-5-6;/h1-5,7-9H;/q;+1/p-1. The Kier molecular flexibility index (Phi) is 7.17. The Morgan fingerprint density at radius 3 is 2.42 bits per heavy atom. The molecule has 0 amide bonds. The van der Waals surface area contributed by atoms with E-state index in [0.717, 1.165) is 0 Å². The second-order valence-electron chi connectivity index (χ2n) is 1.93. The molecule has 5 heteroatoms. The maximum absolute atomic E-state index is 9.85. The molecule has 0 radical (unpaired) electrons. The number of benzene rings is 1. The van der Waals surface area contributed by atoms with Crippen molar-refractivity contribution in [2.24, 2.45) is 0 Å².